The summed E-state index contributed by atoms with van der Waals surface area (Å²) >= 11 is 0. The first-order valence-electron chi connectivity index (χ1n) is 19.9. The highest BCUT2D eigenvalue weighted by atomic mass is 16.5. The number of carbonyl (C=O) groups excluding carboxylic acids is 1. The average molecular weight is 669 g/mol. The van der Waals surface area contributed by atoms with Crippen LogP contribution in [0.25, 0.3) is 0 Å². The molecule has 0 aliphatic rings. The Balaban J connectivity index is 4.35. The van der Waals surface area contributed by atoms with E-state index >= 15 is 0 Å². The molecule has 0 radical (unpaired) electrons. The molecule has 8 nitrogen and oxygen atoms in total. The van der Waals surface area contributed by atoms with E-state index in [2.05, 4.69) is 18.7 Å². The minimum Gasteiger partial charge on any atom is -0.481 e. The predicted octanol–water partition coefficient (Wildman–Crippen LogP) is 10.0. The largest absolute Gasteiger partial charge is 0.481 e. The van der Waals surface area contributed by atoms with Crippen molar-refractivity contribution in [1.82, 2.24) is 4.90 Å². The number of hydrogen-bond donors (Lipinski definition) is 3. The van der Waals surface area contributed by atoms with Crippen LogP contribution in [0.15, 0.2) is 0 Å². The zero-order valence-electron chi connectivity index (χ0n) is 30.8. The molecule has 1 atom stereocenters. The molecule has 0 heterocycles. The van der Waals surface area contributed by atoms with Gasteiger partial charge in [-0.05, 0) is 83.8 Å². The second-order valence-electron chi connectivity index (χ2n) is 13.9. The molecule has 0 fully saturated rings. The number of carbonyl (C=O) groups is 3. The molecule has 0 aromatic carbocycles. The van der Waals surface area contributed by atoms with E-state index in [1.807, 2.05) is 0 Å². The molecule has 0 bridgehead atoms. The molecule has 4 N–H and O–H groups in total. The van der Waals surface area contributed by atoms with Gasteiger partial charge in [-0.3, -0.25) is 14.4 Å². The summed E-state index contributed by atoms with van der Waals surface area (Å²) in [6.07, 6.45) is 30.7. The molecule has 0 saturated heterocycles. The van der Waals surface area contributed by atoms with E-state index in [-0.39, 0.29) is 18.5 Å². The highest BCUT2D eigenvalue weighted by Gasteiger charge is 2.15. The van der Waals surface area contributed by atoms with Gasteiger partial charge in [0.1, 0.15) is 12.1 Å². The van der Waals surface area contributed by atoms with E-state index in [4.69, 9.17) is 20.7 Å². The molecule has 0 spiro atoms. The number of ether oxygens (including phenoxy) is 1. The maximum atomic E-state index is 12.7. The van der Waals surface area contributed by atoms with Gasteiger partial charge in [0.25, 0.3) is 0 Å². The Hall–Kier alpha value is -1.67. The normalized spacial score (nSPS) is 12.2. The van der Waals surface area contributed by atoms with Crippen LogP contribution in [0.3, 0.4) is 0 Å². The Morgan fingerprint density at radius 1 is 0.532 bits per heavy atom. The lowest BCUT2D eigenvalue weighted by molar-refractivity contribution is -0.150. The topological polar surface area (TPSA) is 130 Å². The van der Waals surface area contributed by atoms with Crippen molar-refractivity contribution in [2.45, 2.75) is 212 Å². The number of nitrogens with two attached hydrogens (primary N) is 1. The number of carboxylic acid groups (broad SMARTS) is 2. The van der Waals surface area contributed by atoms with E-state index in [1.54, 1.807) is 0 Å². The zero-order chi connectivity index (χ0) is 34.8. The monoisotopic (exact) mass is 669 g/mol. The van der Waals surface area contributed by atoms with E-state index in [0.717, 1.165) is 122 Å². The van der Waals surface area contributed by atoms with Gasteiger partial charge in [-0.25, -0.2) is 0 Å². The third-order valence-electron chi connectivity index (χ3n) is 9.33. The Kier molecular flexibility index (Phi) is 33.0. The van der Waals surface area contributed by atoms with Gasteiger partial charge in [0, 0.05) is 12.8 Å². The van der Waals surface area contributed by atoms with Gasteiger partial charge in [-0.1, -0.05) is 123 Å². The van der Waals surface area contributed by atoms with Crippen molar-refractivity contribution in [1.29, 1.82) is 0 Å². The molecule has 0 amide bonds. The van der Waals surface area contributed by atoms with E-state index in [9.17, 15) is 14.4 Å². The number of rotatable bonds is 37. The second-order valence-corrected chi connectivity index (χ2v) is 13.9. The molecule has 0 aromatic rings. The Bertz CT molecular complexity index is 718. The zero-order valence-corrected chi connectivity index (χ0v) is 30.8. The van der Waals surface area contributed by atoms with Crippen LogP contribution >= 0.6 is 0 Å². The van der Waals surface area contributed by atoms with Crippen LogP contribution in [0.5, 0.6) is 0 Å². The summed E-state index contributed by atoms with van der Waals surface area (Å²) in [7, 11) is 0. The predicted molar refractivity (Wildman–Crippen MR) is 195 cm³/mol. The minimum atomic E-state index is -0.931. The number of nitrogens with zero attached hydrogens (tertiary/aromatic N) is 1. The van der Waals surface area contributed by atoms with Crippen molar-refractivity contribution < 1.29 is 29.3 Å². The average Bonchev–Trinajstić information content (AvgIpc) is 3.04. The molecule has 278 valence electrons. The Labute approximate surface area is 289 Å². The Morgan fingerprint density at radius 3 is 1.38 bits per heavy atom. The number of carboxylic acids is 2. The van der Waals surface area contributed by atoms with Crippen LogP contribution in [-0.4, -0.2) is 64.8 Å². The van der Waals surface area contributed by atoms with Gasteiger partial charge < -0.3 is 25.6 Å². The first kappa shape index (κ1) is 45.3. The summed E-state index contributed by atoms with van der Waals surface area (Å²) in [6.45, 7) is 7.51. The van der Waals surface area contributed by atoms with Gasteiger partial charge in [0.05, 0.1) is 0 Å². The van der Waals surface area contributed by atoms with Gasteiger partial charge in [0.2, 0.25) is 0 Å². The second kappa shape index (κ2) is 34.2. The summed E-state index contributed by atoms with van der Waals surface area (Å²) < 4.78 is 6.01. The molecule has 0 aliphatic heterocycles. The van der Waals surface area contributed by atoms with Gasteiger partial charge in [-0.15, -0.1) is 0 Å². The maximum absolute atomic E-state index is 12.7. The smallest absolute Gasteiger partial charge is 0.320 e. The van der Waals surface area contributed by atoms with Crippen molar-refractivity contribution in [3.63, 3.8) is 0 Å². The molecule has 8 heteroatoms. The summed E-state index contributed by atoms with van der Waals surface area (Å²) in [6, 6.07) is -0.780. The van der Waals surface area contributed by atoms with Gasteiger partial charge in [0.15, 0.2) is 0 Å². The highest BCUT2D eigenvalue weighted by Crippen LogP contribution is 2.18. The summed E-state index contributed by atoms with van der Waals surface area (Å²) in [5.41, 5.74) is 5.67. The maximum Gasteiger partial charge on any atom is 0.320 e. The molecule has 1 unspecified atom stereocenters. The lowest BCUT2D eigenvalue weighted by Gasteiger charge is -2.22. The fraction of sp³-hybridized carbons (Fsp3) is 0.923. The fourth-order valence-electron chi connectivity index (χ4n) is 6.25. The van der Waals surface area contributed by atoms with Gasteiger partial charge in [-0.2, -0.15) is 0 Å². The number of unbranched alkanes of at least 4 members (excludes halogenated alkanes) is 19. The molecular weight excluding hydrogens is 592 g/mol. The van der Waals surface area contributed by atoms with Crippen LogP contribution in [0.2, 0.25) is 0 Å². The summed E-state index contributed by atoms with van der Waals surface area (Å²) in [5, 5.41) is 17.8. The lowest BCUT2D eigenvalue weighted by Crippen LogP contribution is -2.31. The van der Waals surface area contributed by atoms with Crippen LogP contribution in [-0.2, 0) is 19.1 Å². The van der Waals surface area contributed by atoms with Crippen LogP contribution < -0.4 is 5.73 Å². The van der Waals surface area contributed by atoms with Gasteiger partial charge >= 0.3 is 17.9 Å². The van der Waals surface area contributed by atoms with Crippen molar-refractivity contribution in [3.8, 4) is 0 Å². The number of hydrogen-bond acceptors (Lipinski definition) is 6. The first-order valence-corrected chi connectivity index (χ1v) is 19.9. The molecule has 0 rings (SSSR count). The first-order chi connectivity index (χ1) is 22.8. The van der Waals surface area contributed by atoms with E-state index < -0.39 is 18.0 Å². The fourth-order valence-corrected chi connectivity index (χ4v) is 6.25. The summed E-state index contributed by atoms with van der Waals surface area (Å²) in [4.78, 5) is 36.9. The van der Waals surface area contributed by atoms with E-state index in [0.29, 0.717) is 12.8 Å². The summed E-state index contributed by atoms with van der Waals surface area (Å²) in [5.74, 6) is -1.66. The molecule has 47 heavy (non-hydrogen) atoms. The lowest BCUT2D eigenvalue weighted by atomic mass is 10.0. The SMILES string of the molecule is CCCCCCCCC(CCCCCCCC)OC(=O)CCCCCCCN(CCCCCCCC(=O)O)CCCCC(N)C(=O)O. The molecular formula is C39H76N2O6. The van der Waals surface area contributed by atoms with Crippen molar-refractivity contribution in [2.24, 2.45) is 5.73 Å². The van der Waals surface area contributed by atoms with Crippen molar-refractivity contribution >= 4 is 17.9 Å². The van der Waals surface area contributed by atoms with E-state index in [1.165, 1.54) is 64.2 Å². The number of aliphatic carboxylic acids is 2. The Morgan fingerprint density at radius 2 is 0.915 bits per heavy atom. The van der Waals surface area contributed by atoms with Crippen molar-refractivity contribution in [2.75, 3.05) is 19.6 Å². The quantitative estimate of drug-likeness (QED) is 0.0440. The standard InChI is InChI=1S/C39H76N2O6/c1-3-5-7-9-13-19-27-35(28-20-14-10-8-6-4-2)47-38(44)31-22-16-12-18-25-33-41(34-26-23-29-36(40)39(45)46)32-24-17-11-15-21-30-37(42)43/h35-36H,3-34,40H2,1-2H3,(H,42,43)(H,45,46). The number of esters is 1. The van der Waals surface area contributed by atoms with Crippen LogP contribution in [0.4, 0.5) is 0 Å². The molecule has 0 aromatic heterocycles. The third-order valence-corrected chi connectivity index (χ3v) is 9.33. The van der Waals surface area contributed by atoms with Crippen molar-refractivity contribution in [3.05, 3.63) is 0 Å². The minimum absolute atomic E-state index is 0.0104. The molecule has 0 saturated carbocycles. The van der Waals surface area contributed by atoms with Crippen LogP contribution in [0, 0.1) is 0 Å². The third kappa shape index (κ3) is 32.6. The molecule has 0 aliphatic carbocycles. The van der Waals surface area contributed by atoms with Crippen LogP contribution in [0.1, 0.15) is 200 Å². The highest BCUT2D eigenvalue weighted by molar-refractivity contribution is 5.72.